The Morgan fingerprint density at radius 1 is 0.917 bits per heavy atom. The van der Waals surface area contributed by atoms with E-state index in [4.69, 9.17) is 32.7 Å². The molecule has 5 heteroatoms. The molecule has 0 heterocycles. The molecule has 0 aliphatic heterocycles. The summed E-state index contributed by atoms with van der Waals surface area (Å²) >= 11 is 11.8. The Bertz CT molecular complexity index is 588. The van der Waals surface area contributed by atoms with E-state index in [2.05, 4.69) is 0 Å². The molecule has 0 saturated heterocycles. The van der Waals surface area contributed by atoms with Crippen molar-refractivity contribution in [3.8, 4) is 0 Å². The number of hydrogen-bond donors (Lipinski definition) is 1. The summed E-state index contributed by atoms with van der Waals surface area (Å²) in [5, 5.41) is 10.6. The highest BCUT2D eigenvalue weighted by atomic mass is 35.5. The molecule has 2 aromatic rings. The summed E-state index contributed by atoms with van der Waals surface area (Å²) in [4.78, 5) is -0.987. The fourth-order valence-electron chi connectivity index (χ4n) is 2.16. The van der Waals surface area contributed by atoms with Crippen LogP contribution in [0.3, 0.4) is 0 Å². The van der Waals surface area contributed by atoms with Crippen molar-refractivity contribution in [2.75, 3.05) is 6.61 Å². The topological polar surface area (TPSA) is 38.7 Å². The van der Waals surface area contributed by atoms with Gasteiger partial charge in [-0.05, 0) is 18.1 Å². The molecule has 0 bridgehead atoms. The molecule has 0 aliphatic carbocycles. The highest BCUT2D eigenvalue weighted by Crippen LogP contribution is 2.27. The summed E-state index contributed by atoms with van der Waals surface area (Å²) in [6.45, 7) is 2.51. The van der Waals surface area contributed by atoms with Gasteiger partial charge in [0.15, 0.2) is 0 Å². The van der Waals surface area contributed by atoms with Crippen LogP contribution in [0.1, 0.15) is 18.1 Å². The predicted octanol–water partition coefficient (Wildman–Crippen LogP) is 4.34. The normalized spacial score (nSPS) is 15.2. The summed E-state index contributed by atoms with van der Waals surface area (Å²) < 4.78 is 11.6. The van der Waals surface area contributed by atoms with Crippen LogP contribution in [0.5, 0.6) is 0 Å². The molecular formula is C19H22Cl2O3. The van der Waals surface area contributed by atoms with Gasteiger partial charge in [0.1, 0.15) is 16.5 Å². The van der Waals surface area contributed by atoms with Crippen LogP contribution < -0.4 is 0 Å². The smallest absolute Gasteiger partial charge is 0.138 e. The highest BCUT2D eigenvalue weighted by molar-refractivity contribution is 6.45. The second kappa shape index (κ2) is 9.40. The van der Waals surface area contributed by atoms with Gasteiger partial charge in [0.05, 0.1) is 19.8 Å². The van der Waals surface area contributed by atoms with E-state index < -0.39 is 16.5 Å². The number of aliphatic hydroxyl groups is 1. The minimum absolute atomic E-state index is 0.185. The molecule has 0 fully saturated rings. The first-order valence-electron chi connectivity index (χ1n) is 7.78. The molecule has 2 rings (SSSR count). The zero-order chi connectivity index (χ0) is 17.4. The predicted molar refractivity (Wildman–Crippen MR) is 97.2 cm³/mol. The van der Waals surface area contributed by atoms with Crippen LogP contribution in [0.4, 0.5) is 0 Å². The largest absolute Gasteiger partial charge is 0.385 e. The van der Waals surface area contributed by atoms with Crippen LogP contribution in [0.25, 0.3) is 0 Å². The molecule has 2 unspecified atom stereocenters. The lowest BCUT2D eigenvalue weighted by atomic mass is 10.0. The lowest BCUT2D eigenvalue weighted by Gasteiger charge is -2.33. The summed E-state index contributed by atoms with van der Waals surface area (Å²) in [5.41, 5.74) is 0.628. The molecular weight excluding hydrogens is 347 g/mol. The monoisotopic (exact) mass is 368 g/mol. The molecule has 0 spiro atoms. The molecule has 24 heavy (non-hydrogen) atoms. The van der Waals surface area contributed by atoms with Gasteiger partial charge in [-0.15, -0.1) is 23.2 Å². The molecule has 130 valence electrons. The first-order valence-corrected chi connectivity index (χ1v) is 8.65. The van der Waals surface area contributed by atoms with Crippen LogP contribution in [0.15, 0.2) is 60.7 Å². The third-order valence-electron chi connectivity index (χ3n) is 3.77. The van der Waals surface area contributed by atoms with Crippen LogP contribution in [0, 0.1) is 0 Å². The Hall–Kier alpha value is -1.10. The number of hydrogen-bond acceptors (Lipinski definition) is 3. The second-order valence-corrected chi connectivity index (χ2v) is 6.91. The molecule has 2 aromatic carbocycles. The molecule has 3 nitrogen and oxygen atoms in total. The summed E-state index contributed by atoms with van der Waals surface area (Å²) in [6.07, 6.45) is -0.651. The zero-order valence-electron chi connectivity index (χ0n) is 13.6. The van der Waals surface area contributed by atoms with E-state index in [9.17, 15) is 5.11 Å². The zero-order valence-corrected chi connectivity index (χ0v) is 15.1. The Balaban J connectivity index is 1.94. The third-order valence-corrected chi connectivity index (χ3v) is 4.65. The number of benzene rings is 2. The molecule has 0 saturated carbocycles. The lowest BCUT2D eigenvalue weighted by Crippen LogP contribution is -2.49. The molecule has 0 amide bonds. The Kier molecular flexibility index (Phi) is 7.53. The van der Waals surface area contributed by atoms with E-state index in [1.807, 2.05) is 60.7 Å². The number of rotatable bonds is 9. The maximum atomic E-state index is 10.6. The maximum absolute atomic E-state index is 10.6. The van der Waals surface area contributed by atoms with Crippen LogP contribution >= 0.6 is 23.2 Å². The average molecular weight is 369 g/mol. The molecule has 2 atom stereocenters. The number of ether oxygens (including phenoxy) is 2. The van der Waals surface area contributed by atoms with Gasteiger partial charge in [0, 0.05) is 0 Å². The van der Waals surface area contributed by atoms with Crippen molar-refractivity contribution in [1.82, 2.24) is 0 Å². The Labute approximate surface area is 153 Å². The van der Waals surface area contributed by atoms with Crippen molar-refractivity contribution < 1.29 is 14.6 Å². The first kappa shape index (κ1) is 19.2. The van der Waals surface area contributed by atoms with Gasteiger partial charge in [-0.3, -0.25) is 0 Å². The van der Waals surface area contributed by atoms with Crippen molar-refractivity contribution in [2.45, 2.75) is 36.7 Å². The van der Waals surface area contributed by atoms with Crippen molar-refractivity contribution in [2.24, 2.45) is 0 Å². The summed E-state index contributed by atoms with van der Waals surface area (Å²) in [5.74, 6) is 0. The van der Waals surface area contributed by atoms with E-state index in [0.717, 1.165) is 11.1 Å². The maximum Gasteiger partial charge on any atom is 0.138 e. The van der Waals surface area contributed by atoms with Crippen LogP contribution in [0.2, 0.25) is 0 Å². The number of alkyl halides is 2. The van der Waals surface area contributed by atoms with Crippen molar-refractivity contribution in [3.05, 3.63) is 71.8 Å². The SMILES string of the molecule is CC(O)(C(Cl)Cl)C(COCc1ccccc1)OCc1ccccc1. The van der Waals surface area contributed by atoms with Gasteiger partial charge in [-0.2, -0.15) is 0 Å². The minimum Gasteiger partial charge on any atom is -0.385 e. The van der Waals surface area contributed by atoms with Crippen LogP contribution in [-0.2, 0) is 22.7 Å². The van der Waals surface area contributed by atoms with Gasteiger partial charge < -0.3 is 14.6 Å². The number of halogens is 2. The van der Waals surface area contributed by atoms with Crippen molar-refractivity contribution in [1.29, 1.82) is 0 Å². The quantitative estimate of drug-likeness (QED) is 0.668. The molecule has 0 aromatic heterocycles. The van der Waals surface area contributed by atoms with Gasteiger partial charge in [-0.25, -0.2) is 0 Å². The van der Waals surface area contributed by atoms with Gasteiger partial charge in [0.25, 0.3) is 0 Å². The second-order valence-electron chi connectivity index (χ2n) is 5.81. The van der Waals surface area contributed by atoms with Gasteiger partial charge >= 0.3 is 0 Å². The van der Waals surface area contributed by atoms with E-state index >= 15 is 0 Å². The van der Waals surface area contributed by atoms with Gasteiger partial charge in [0.2, 0.25) is 0 Å². The van der Waals surface area contributed by atoms with Crippen LogP contribution in [-0.4, -0.2) is 28.3 Å². The first-order chi connectivity index (χ1) is 11.5. The van der Waals surface area contributed by atoms with Gasteiger partial charge in [-0.1, -0.05) is 60.7 Å². The van der Waals surface area contributed by atoms with Crippen molar-refractivity contribution in [3.63, 3.8) is 0 Å². The standard InChI is InChI=1S/C19H22Cl2O3/c1-19(22,18(20)21)17(24-13-16-10-6-3-7-11-16)14-23-12-15-8-4-2-5-9-15/h2-11,17-18,22H,12-14H2,1H3. The van der Waals surface area contributed by atoms with E-state index in [1.165, 1.54) is 0 Å². The lowest BCUT2D eigenvalue weighted by molar-refractivity contribution is -0.130. The van der Waals surface area contributed by atoms with E-state index in [0.29, 0.717) is 13.2 Å². The molecule has 0 radical (unpaired) electrons. The Morgan fingerprint density at radius 2 is 1.42 bits per heavy atom. The Morgan fingerprint density at radius 3 is 1.92 bits per heavy atom. The molecule has 1 N–H and O–H groups in total. The summed E-state index contributed by atoms with van der Waals surface area (Å²) in [7, 11) is 0. The van der Waals surface area contributed by atoms with E-state index in [1.54, 1.807) is 6.92 Å². The third kappa shape index (κ3) is 5.76. The highest BCUT2D eigenvalue weighted by Gasteiger charge is 2.39. The average Bonchev–Trinajstić information content (AvgIpc) is 2.59. The fourth-order valence-corrected chi connectivity index (χ4v) is 2.44. The fraction of sp³-hybridized carbons (Fsp3) is 0.368. The van der Waals surface area contributed by atoms with Crippen molar-refractivity contribution >= 4 is 23.2 Å². The molecule has 0 aliphatic rings. The minimum atomic E-state index is -1.42. The summed E-state index contributed by atoms with van der Waals surface area (Å²) in [6, 6.07) is 19.5. The van der Waals surface area contributed by atoms with E-state index in [-0.39, 0.29) is 6.61 Å².